The number of halogens is 1. The van der Waals surface area contributed by atoms with Crippen molar-refractivity contribution in [2.75, 3.05) is 65.6 Å². The van der Waals surface area contributed by atoms with Gasteiger partial charge in [0.05, 0.1) is 26.0 Å². The summed E-state index contributed by atoms with van der Waals surface area (Å²) in [6.45, 7) is 14.6. The summed E-state index contributed by atoms with van der Waals surface area (Å²) in [5.41, 5.74) is 0. The van der Waals surface area contributed by atoms with Gasteiger partial charge < -0.3 is 24.3 Å². The number of aliphatic imine (C=N–C) groups is 1. The molecule has 1 N–H and O–H groups in total. The molecule has 1 amide bonds. The number of morpholine rings is 1. The molecular formula is C21H36IN5O3. The molecule has 1 unspecified atom stereocenters. The lowest BCUT2D eigenvalue weighted by Crippen LogP contribution is -2.54. The Bertz CT molecular complexity index is 654. The van der Waals surface area contributed by atoms with Crippen LogP contribution in [0.25, 0.3) is 0 Å². The van der Waals surface area contributed by atoms with Gasteiger partial charge in [-0.15, -0.1) is 24.0 Å². The Morgan fingerprint density at radius 1 is 1.13 bits per heavy atom. The van der Waals surface area contributed by atoms with Gasteiger partial charge >= 0.3 is 0 Å². The average Bonchev–Trinajstić information content (AvgIpc) is 3.28. The molecule has 1 aromatic rings. The number of hydrogen-bond acceptors (Lipinski definition) is 5. The third kappa shape index (κ3) is 6.58. The molecule has 3 rings (SSSR count). The van der Waals surface area contributed by atoms with E-state index in [9.17, 15) is 4.79 Å². The molecule has 30 heavy (non-hydrogen) atoms. The summed E-state index contributed by atoms with van der Waals surface area (Å²) in [6.07, 6.45) is 1.54. The van der Waals surface area contributed by atoms with Crippen LogP contribution in [-0.4, -0.2) is 98.2 Å². The first-order valence-electron chi connectivity index (χ1n) is 10.8. The van der Waals surface area contributed by atoms with Crippen molar-refractivity contribution in [3.05, 3.63) is 24.2 Å². The molecule has 0 radical (unpaired) electrons. The van der Waals surface area contributed by atoms with Crippen LogP contribution in [0.2, 0.25) is 0 Å². The Morgan fingerprint density at radius 2 is 1.80 bits per heavy atom. The highest BCUT2D eigenvalue weighted by atomic mass is 127. The van der Waals surface area contributed by atoms with E-state index in [0.29, 0.717) is 30.8 Å². The second kappa shape index (κ2) is 12.5. The topological polar surface area (TPSA) is 73.6 Å². The summed E-state index contributed by atoms with van der Waals surface area (Å²) in [5.74, 6) is 1.84. The van der Waals surface area contributed by atoms with Crippen molar-refractivity contribution in [2.24, 2.45) is 10.9 Å². The highest BCUT2D eigenvalue weighted by Crippen LogP contribution is 2.14. The number of carbonyl (C=O) groups is 1. The molecule has 1 aromatic heterocycles. The fourth-order valence-electron chi connectivity index (χ4n) is 3.94. The van der Waals surface area contributed by atoms with Crippen LogP contribution >= 0.6 is 24.0 Å². The lowest BCUT2D eigenvalue weighted by Gasteiger charge is -2.38. The van der Waals surface area contributed by atoms with E-state index in [-0.39, 0.29) is 29.9 Å². The molecule has 8 nitrogen and oxygen atoms in total. The molecule has 2 aliphatic rings. The number of amides is 1. The summed E-state index contributed by atoms with van der Waals surface area (Å²) in [5, 5.41) is 3.43. The van der Waals surface area contributed by atoms with E-state index in [2.05, 4.69) is 35.9 Å². The third-order valence-corrected chi connectivity index (χ3v) is 5.65. The highest BCUT2D eigenvalue weighted by Gasteiger charge is 2.27. The first-order chi connectivity index (χ1) is 14.1. The van der Waals surface area contributed by atoms with Crippen LogP contribution in [0.4, 0.5) is 0 Å². The zero-order valence-electron chi connectivity index (χ0n) is 18.4. The number of ether oxygens (including phenoxy) is 1. The van der Waals surface area contributed by atoms with Crippen LogP contribution in [0.5, 0.6) is 0 Å². The lowest BCUT2D eigenvalue weighted by molar-refractivity contribution is 0.00860. The Kier molecular flexibility index (Phi) is 10.4. The Hall–Kier alpha value is -1.33. The van der Waals surface area contributed by atoms with E-state index in [1.807, 2.05) is 4.90 Å². The number of furan rings is 1. The van der Waals surface area contributed by atoms with Crippen LogP contribution in [0.15, 0.2) is 27.8 Å². The van der Waals surface area contributed by atoms with Gasteiger partial charge in [0.25, 0.3) is 5.91 Å². The predicted molar refractivity (Wildman–Crippen MR) is 129 cm³/mol. The molecule has 0 aliphatic carbocycles. The summed E-state index contributed by atoms with van der Waals surface area (Å²) in [6, 6.07) is 3.88. The van der Waals surface area contributed by atoms with E-state index in [4.69, 9.17) is 14.1 Å². The van der Waals surface area contributed by atoms with E-state index in [1.54, 1.807) is 18.4 Å². The molecule has 3 heterocycles. The SMILES string of the molecule is CCNC(=NCC(C(C)C)N1CCOCC1)N1CCN(C(=O)c2ccco2)CC1.I. The second-order valence-corrected chi connectivity index (χ2v) is 7.91. The number of hydrogen-bond donors (Lipinski definition) is 1. The standard InChI is InChI=1S/C21H35N5O3.HI/c1-4-22-21(23-16-18(17(2)3)24-11-14-28-15-12-24)26-9-7-25(8-10-26)20(27)19-6-5-13-29-19;/h5-6,13,17-18H,4,7-12,14-16H2,1-3H3,(H,22,23);1H. The van der Waals surface area contributed by atoms with E-state index >= 15 is 0 Å². The predicted octanol–water partition coefficient (Wildman–Crippen LogP) is 1.98. The number of carbonyl (C=O) groups excluding carboxylic acids is 1. The summed E-state index contributed by atoms with van der Waals surface area (Å²) in [4.78, 5) is 24.1. The van der Waals surface area contributed by atoms with Crippen LogP contribution in [0.3, 0.4) is 0 Å². The first kappa shape index (κ1) is 24.9. The zero-order chi connectivity index (χ0) is 20.6. The minimum absolute atomic E-state index is 0. The fraction of sp³-hybridized carbons (Fsp3) is 0.714. The van der Waals surface area contributed by atoms with Gasteiger partial charge in [0.1, 0.15) is 0 Å². The monoisotopic (exact) mass is 533 g/mol. The number of guanidine groups is 1. The lowest BCUT2D eigenvalue weighted by atomic mass is 10.0. The zero-order valence-corrected chi connectivity index (χ0v) is 20.7. The molecule has 170 valence electrons. The number of nitrogens with zero attached hydrogens (tertiary/aromatic N) is 4. The molecule has 1 atom stereocenters. The van der Waals surface area contributed by atoms with Gasteiger partial charge in [-0.2, -0.15) is 0 Å². The van der Waals surface area contributed by atoms with E-state index in [0.717, 1.165) is 58.4 Å². The molecule has 9 heteroatoms. The maximum atomic E-state index is 12.5. The summed E-state index contributed by atoms with van der Waals surface area (Å²) >= 11 is 0. The first-order valence-corrected chi connectivity index (χ1v) is 10.8. The molecular weight excluding hydrogens is 497 g/mol. The third-order valence-electron chi connectivity index (χ3n) is 5.65. The second-order valence-electron chi connectivity index (χ2n) is 7.91. The molecule has 2 saturated heterocycles. The van der Waals surface area contributed by atoms with Gasteiger partial charge in [-0.1, -0.05) is 13.8 Å². The van der Waals surface area contributed by atoms with Crippen LogP contribution < -0.4 is 5.32 Å². The van der Waals surface area contributed by atoms with Crippen molar-refractivity contribution in [1.29, 1.82) is 0 Å². The Labute approximate surface area is 197 Å². The van der Waals surface area contributed by atoms with Crippen molar-refractivity contribution in [3.63, 3.8) is 0 Å². The number of rotatable bonds is 6. The van der Waals surface area contributed by atoms with Crippen molar-refractivity contribution < 1.29 is 13.9 Å². The van der Waals surface area contributed by atoms with E-state index in [1.165, 1.54) is 0 Å². The molecule has 2 aliphatic heterocycles. The minimum Gasteiger partial charge on any atom is -0.459 e. The molecule has 2 fully saturated rings. The van der Waals surface area contributed by atoms with Gasteiger partial charge in [-0.25, -0.2) is 0 Å². The van der Waals surface area contributed by atoms with E-state index < -0.39 is 0 Å². The smallest absolute Gasteiger partial charge is 0.289 e. The number of piperazine rings is 1. The average molecular weight is 533 g/mol. The number of nitrogens with one attached hydrogen (secondary N) is 1. The van der Waals surface area contributed by atoms with Gasteiger partial charge in [0.15, 0.2) is 11.7 Å². The summed E-state index contributed by atoms with van der Waals surface area (Å²) < 4.78 is 10.8. The molecule has 0 bridgehead atoms. The minimum atomic E-state index is -0.0382. The van der Waals surface area contributed by atoms with Gasteiger partial charge in [-0.3, -0.25) is 14.7 Å². The fourth-order valence-corrected chi connectivity index (χ4v) is 3.94. The van der Waals surface area contributed by atoms with Crippen molar-refractivity contribution >= 4 is 35.8 Å². The molecule has 0 spiro atoms. The molecule has 0 saturated carbocycles. The van der Waals surface area contributed by atoms with Crippen molar-refractivity contribution in [3.8, 4) is 0 Å². The molecule has 0 aromatic carbocycles. The summed E-state index contributed by atoms with van der Waals surface area (Å²) in [7, 11) is 0. The van der Waals surface area contributed by atoms with Crippen molar-refractivity contribution in [1.82, 2.24) is 20.0 Å². The Morgan fingerprint density at radius 3 is 2.37 bits per heavy atom. The quantitative estimate of drug-likeness (QED) is 0.343. The highest BCUT2D eigenvalue weighted by molar-refractivity contribution is 14.0. The maximum absolute atomic E-state index is 12.5. The Balaban J connectivity index is 0.00000320. The van der Waals surface area contributed by atoms with Gasteiger partial charge in [0.2, 0.25) is 0 Å². The van der Waals surface area contributed by atoms with Gasteiger partial charge in [-0.05, 0) is 25.0 Å². The normalized spacial score (nSPS) is 19.5. The van der Waals surface area contributed by atoms with Crippen LogP contribution in [0, 0.1) is 5.92 Å². The largest absolute Gasteiger partial charge is 0.459 e. The van der Waals surface area contributed by atoms with Crippen LogP contribution in [0.1, 0.15) is 31.3 Å². The van der Waals surface area contributed by atoms with Gasteiger partial charge in [0, 0.05) is 51.9 Å². The van der Waals surface area contributed by atoms with Crippen LogP contribution in [-0.2, 0) is 4.74 Å². The maximum Gasteiger partial charge on any atom is 0.289 e. The van der Waals surface area contributed by atoms with Crippen molar-refractivity contribution in [2.45, 2.75) is 26.8 Å².